The van der Waals surface area contributed by atoms with Crippen molar-refractivity contribution in [1.29, 1.82) is 0 Å². The molecule has 0 atom stereocenters. The molecule has 184 valence electrons. The zero-order chi connectivity index (χ0) is 23.6. The van der Waals surface area contributed by atoms with Gasteiger partial charge in [-0.3, -0.25) is 0 Å². The summed E-state index contributed by atoms with van der Waals surface area (Å²) in [6.07, 6.45) is 18.1. The molecule has 2 aromatic rings. The standard InChI is InChI=1S/2C16H26.Cr/c2*1-4-7-8-9-10-16-12-11-14(5-2)13-15(16)6-3;/h2*11-13H,4-10H2,1-3H3;/q;;+2. The van der Waals surface area contributed by atoms with Crippen LogP contribution in [-0.2, 0) is 55.9 Å². The first-order valence-corrected chi connectivity index (χ1v) is 13.8. The van der Waals surface area contributed by atoms with Gasteiger partial charge in [0.2, 0.25) is 0 Å². The molecule has 0 aliphatic carbocycles. The fourth-order valence-electron chi connectivity index (χ4n) is 4.43. The van der Waals surface area contributed by atoms with E-state index in [1.807, 2.05) is 0 Å². The van der Waals surface area contributed by atoms with E-state index in [9.17, 15) is 0 Å². The van der Waals surface area contributed by atoms with Crippen LogP contribution in [-0.4, -0.2) is 0 Å². The number of aryl methyl sites for hydroxylation is 6. The van der Waals surface area contributed by atoms with Crippen LogP contribution in [0.3, 0.4) is 0 Å². The molecular weight excluding hydrogens is 436 g/mol. The Balaban J connectivity index is 0.000000602. The Kier molecular flexibility index (Phi) is 19.7. The van der Waals surface area contributed by atoms with Crippen molar-refractivity contribution >= 4 is 0 Å². The van der Waals surface area contributed by atoms with Gasteiger partial charge in [0.15, 0.2) is 0 Å². The van der Waals surface area contributed by atoms with E-state index < -0.39 is 0 Å². The van der Waals surface area contributed by atoms with Gasteiger partial charge in [0.25, 0.3) is 0 Å². The number of hydrogen-bond acceptors (Lipinski definition) is 0. The predicted molar refractivity (Wildman–Crippen MR) is 146 cm³/mol. The van der Waals surface area contributed by atoms with Crippen LogP contribution in [0.4, 0.5) is 0 Å². The quantitative estimate of drug-likeness (QED) is 0.232. The van der Waals surface area contributed by atoms with Gasteiger partial charge in [0.05, 0.1) is 0 Å². The molecule has 0 aromatic heterocycles. The second-order valence-corrected chi connectivity index (χ2v) is 9.24. The third-order valence-electron chi connectivity index (χ3n) is 6.72. The molecule has 0 bridgehead atoms. The summed E-state index contributed by atoms with van der Waals surface area (Å²) < 4.78 is 0. The summed E-state index contributed by atoms with van der Waals surface area (Å²) >= 11 is 0. The molecule has 0 amide bonds. The molecule has 2 aromatic carbocycles. The van der Waals surface area contributed by atoms with Gasteiger partial charge in [-0.25, -0.2) is 0 Å². The average molecular weight is 489 g/mol. The largest absolute Gasteiger partial charge is 2.00 e. The molecule has 33 heavy (non-hydrogen) atoms. The number of hydrogen-bond donors (Lipinski definition) is 0. The van der Waals surface area contributed by atoms with Crippen molar-refractivity contribution in [3.05, 3.63) is 69.8 Å². The molecule has 0 heterocycles. The summed E-state index contributed by atoms with van der Waals surface area (Å²) in [6, 6.07) is 14.1. The first kappa shape index (κ1) is 32.0. The van der Waals surface area contributed by atoms with Crippen LogP contribution < -0.4 is 0 Å². The number of rotatable bonds is 14. The van der Waals surface area contributed by atoms with Crippen LogP contribution in [0, 0.1) is 0 Å². The molecule has 0 nitrogen and oxygen atoms in total. The Labute approximate surface area is 218 Å². The topological polar surface area (TPSA) is 0 Å². The Morgan fingerprint density at radius 2 is 0.818 bits per heavy atom. The van der Waals surface area contributed by atoms with E-state index in [1.54, 1.807) is 22.3 Å². The molecule has 2 rings (SSSR count). The Bertz CT molecular complexity index is 668. The minimum Gasteiger partial charge on any atom is -0.0654 e. The fraction of sp³-hybridized carbons (Fsp3) is 0.625. The van der Waals surface area contributed by atoms with Crippen LogP contribution in [0.2, 0.25) is 0 Å². The Hall–Kier alpha value is -1.03. The molecule has 1 heteroatoms. The molecule has 0 saturated carbocycles. The molecule has 0 N–H and O–H groups in total. The third-order valence-corrected chi connectivity index (χ3v) is 6.72. The van der Waals surface area contributed by atoms with Crippen molar-refractivity contribution < 1.29 is 17.4 Å². The van der Waals surface area contributed by atoms with Gasteiger partial charge in [0.1, 0.15) is 0 Å². The molecular formula is C32H52Cr+2. The number of unbranched alkanes of at least 4 members (excludes halogenated alkanes) is 6. The maximum Gasteiger partial charge on any atom is 2.00 e. The van der Waals surface area contributed by atoms with Gasteiger partial charge in [0, 0.05) is 0 Å². The van der Waals surface area contributed by atoms with Gasteiger partial charge in [-0.1, -0.05) is 116 Å². The second kappa shape index (κ2) is 20.4. The van der Waals surface area contributed by atoms with E-state index in [2.05, 4.69) is 77.9 Å². The maximum absolute atomic E-state index is 2.40. The van der Waals surface area contributed by atoms with Gasteiger partial charge >= 0.3 is 17.4 Å². The summed E-state index contributed by atoms with van der Waals surface area (Å²) in [7, 11) is 0. The van der Waals surface area contributed by atoms with Crippen molar-refractivity contribution in [2.45, 2.75) is 131 Å². The smallest absolute Gasteiger partial charge is 0.0654 e. The van der Waals surface area contributed by atoms with Gasteiger partial charge in [-0.15, -0.1) is 0 Å². The maximum atomic E-state index is 2.40. The second-order valence-electron chi connectivity index (χ2n) is 9.24. The normalized spacial score (nSPS) is 10.4. The van der Waals surface area contributed by atoms with Crippen LogP contribution >= 0.6 is 0 Å². The van der Waals surface area contributed by atoms with E-state index in [1.165, 1.54) is 88.2 Å². The Morgan fingerprint density at radius 1 is 0.424 bits per heavy atom. The summed E-state index contributed by atoms with van der Waals surface area (Å²) in [4.78, 5) is 0. The van der Waals surface area contributed by atoms with Crippen molar-refractivity contribution in [3.8, 4) is 0 Å². The molecule has 0 aliphatic rings. The van der Waals surface area contributed by atoms with E-state index in [0.717, 1.165) is 12.8 Å². The molecule has 0 unspecified atom stereocenters. The summed E-state index contributed by atoms with van der Waals surface area (Å²) in [5, 5.41) is 0. The van der Waals surface area contributed by atoms with E-state index in [0.29, 0.717) is 0 Å². The van der Waals surface area contributed by atoms with Crippen LogP contribution in [0.1, 0.15) is 126 Å². The van der Waals surface area contributed by atoms with Crippen LogP contribution in [0.5, 0.6) is 0 Å². The van der Waals surface area contributed by atoms with Crippen LogP contribution in [0.15, 0.2) is 36.4 Å². The minimum atomic E-state index is 0. The molecule has 0 fully saturated rings. The number of benzene rings is 2. The van der Waals surface area contributed by atoms with Crippen molar-refractivity contribution in [2.75, 3.05) is 0 Å². The SMILES string of the molecule is CCCCCCc1ccc(CC)cc1CC.CCCCCCc1ccc(CC)cc1CC.[Cr+2]. The van der Waals surface area contributed by atoms with Gasteiger partial charge in [-0.2, -0.15) is 0 Å². The van der Waals surface area contributed by atoms with Crippen molar-refractivity contribution in [1.82, 2.24) is 0 Å². The summed E-state index contributed by atoms with van der Waals surface area (Å²) in [5.41, 5.74) is 9.25. The monoisotopic (exact) mass is 488 g/mol. The first-order valence-electron chi connectivity index (χ1n) is 13.8. The zero-order valence-corrected chi connectivity index (χ0v) is 24.0. The van der Waals surface area contributed by atoms with Crippen molar-refractivity contribution in [2.24, 2.45) is 0 Å². The third kappa shape index (κ3) is 12.9. The summed E-state index contributed by atoms with van der Waals surface area (Å²) in [6.45, 7) is 13.5. The van der Waals surface area contributed by atoms with Crippen LogP contribution in [0.25, 0.3) is 0 Å². The predicted octanol–water partition coefficient (Wildman–Crippen LogP) is 9.87. The Morgan fingerprint density at radius 3 is 1.12 bits per heavy atom. The van der Waals surface area contributed by atoms with E-state index in [-0.39, 0.29) is 17.4 Å². The molecule has 0 radical (unpaired) electrons. The molecule has 0 spiro atoms. The zero-order valence-electron chi connectivity index (χ0n) is 22.8. The minimum absolute atomic E-state index is 0. The molecule has 0 aliphatic heterocycles. The van der Waals surface area contributed by atoms with Gasteiger partial charge < -0.3 is 0 Å². The summed E-state index contributed by atoms with van der Waals surface area (Å²) in [5.74, 6) is 0. The average Bonchev–Trinajstić information content (AvgIpc) is 2.84. The van der Waals surface area contributed by atoms with Crippen molar-refractivity contribution in [3.63, 3.8) is 0 Å². The first-order chi connectivity index (χ1) is 15.6. The van der Waals surface area contributed by atoms with E-state index >= 15 is 0 Å². The van der Waals surface area contributed by atoms with E-state index in [4.69, 9.17) is 0 Å². The molecule has 0 saturated heterocycles. The fourth-order valence-corrected chi connectivity index (χ4v) is 4.43. The van der Waals surface area contributed by atoms with Gasteiger partial charge in [-0.05, 0) is 84.7 Å².